The third-order valence-corrected chi connectivity index (χ3v) is 2.59. The van der Waals surface area contributed by atoms with Crippen LogP contribution in [0.1, 0.15) is 16.3 Å². The quantitative estimate of drug-likeness (QED) is 0.825. The van der Waals surface area contributed by atoms with Crippen LogP contribution in [0.5, 0.6) is 0 Å². The summed E-state index contributed by atoms with van der Waals surface area (Å²) in [7, 11) is 1.29. The number of carbonyl (C=O) groups excluding carboxylic acids is 1. The van der Waals surface area contributed by atoms with Gasteiger partial charge in [-0.3, -0.25) is 0 Å². The van der Waals surface area contributed by atoms with Crippen LogP contribution in [0.3, 0.4) is 0 Å². The van der Waals surface area contributed by atoms with Gasteiger partial charge in [0.15, 0.2) is 0 Å². The fraction of sp³-hybridized carbons (Fsp3) is 0.200. The van der Waals surface area contributed by atoms with Crippen molar-refractivity contribution in [2.75, 3.05) is 12.4 Å². The molecule has 2 rings (SSSR count). The zero-order valence-electron chi connectivity index (χ0n) is 9.08. The number of nitrogens with one attached hydrogen (secondary N) is 1. The number of ether oxygens (including phenoxy) is 1. The summed E-state index contributed by atoms with van der Waals surface area (Å²) in [5, 5.41) is 4.99. The van der Waals surface area contributed by atoms with Crippen LogP contribution in [0.15, 0.2) is 23.2 Å². The van der Waals surface area contributed by atoms with Crippen LogP contribution < -0.4 is 5.32 Å². The second-order valence-corrected chi connectivity index (χ2v) is 3.81. The number of aromatic nitrogens is 3. The molecule has 0 aliphatic heterocycles. The predicted molar refractivity (Wildman–Crippen MR) is 62.8 cm³/mol. The van der Waals surface area contributed by atoms with Crippen LogP contribution in [0, 0.1) is 0 Å². The highest BCUT2D eigenvalue weighted by Gasteiger charge is 2.09. The lowest BCUT2D eigenvalue weighted by atomic mass is 10.4. The Bertz CT molecular complexity index is 501. The molecule has 88 valence electrons. The Morgan fingerprint density at radius 2 is 2.41 bits per heavy atom. The first kappa shape index (κ1) is 11.5. The van der Waals surface area contributed by atoms with Crippen molar-refractivity contribution < 1.29 is 9.53 Å². The largest absolute Gasteiger partial charge is 0.463 e. The molecule has 2 aromatic rings. The third kappa shape index (κ3) is 2.97. The van der Waals surface area contributed by atoms with Crippen molar-refractivity contribution in [1.29, 1.82) is 0 Å². The molecular formula is C10H10N4O2S. The molecule has 2 aromatic heterocycles. The first-order valence-corrected chi connectivity index (χ1v) is 5.76. The van der Waals surface area contributed by atoms with Gasteiger partial charge in [0, 0.05) is 11.6 Å². The summed E-state index contributed by atoms with van der Waals surface area (Å²) in [6.45, 7) is 0.557. The first-order valence-electron chi connectivity index (χ1n) is 4.82. The highest BCUT2D eigenvalue weighted by Crippen LogP contribution is 2.06. The molecule has 0 fully saturated rings. The minimum Gasteiger partial charge on any atom is -0.463 e. The summed E-state index contributed by atoms with van der Waals surface area (Å²) in [6.07, 6.45) is 1.50. The lowest BCUT2D eigenvalue weighted by Gasteiger charge is -2.04. The van der Waals surface area contributed by atoms with E-state index < -0.39 is 5.97 Å². The van der Waals surface area contributed by atoms with Crippen LogP contribution in [0.25, 0.3) is 0 Å². The van der Waals surface area contributed by atoms with Crippen LogP contribution in [0.4, 0.5) is 5.82 Å². The smallest absolute Gasteiger partial charge is 0.376 e. The average molecular weight is 250 g/mol. The number of hydrogen-bond acceptors (Lipinski definition) is 7. The van der Waals surface area contributed by atoms with Gasteiger partial charge in [0.05, 0.1) is 24.9 Å². The van der Waals surface area contributed by atoms with Crippen molar-refractivity contribution in [2.24, 2.45) is 0 Å². The van der Waals surface area contributed by atoms with E-state index in [9.17, 15) is 4.79 Å². The van der Waals surface area contributed by atoms with Crippen LogP contribution in [0.2, 0.25) is 0 Å². The molecule has 1 N–H and O–H groups in total. The Hall–Kier alpha value is -2.02. The molecule has 17 heavy (non-hydrogen) atoms. The second kappa shape index (κ2) is 5.35. The number of rotatable bonds is 4. The van der Waals surface area contributed by atoms with Crippen molar-refractivity contribution in [1.82, 2.24) is 15.0 Å². The van der Waals surface area contributed by atoms with Gasteiger partial charge >= 0.3 is 5.97 Å². The summed E-state index contributed by atoms with van der Waals surface area (Å²) in [5.74, 6) is 0.0477. The van der Waals surface area contributed by atoms with Crippen LogP contribution in [-0.2, 0) is 11.3 Å². The van der Waals surface area contributed by atoms with E-state index in [1.165, 1.54) is 24.6 Å². The number of anilines is 1. The standard InChI is InChI=1S/C10H10N4O2S/c1-16-10(15)9-11-3-2-8(14-9)12-4-7-5-17-6-13-7/h2-3,5-6H,4H2,1H3,(H,11,12,14). The number of esters is 1. The Labute approximate surface area is 102 Å². The normalized spacial score (nSPS) is 9.94. The van der Waals surface area contributed by atoms with Crippen LogP contribution >= 0.6 is 11.3 Å². The molecule has 0 radical (unpaired) electrons. The molecule has 0 amide bonds. The van der Waals surface area contributed by atoms with E-state index in [0.717, 1.165) is 5.69 Å². The second-order valence-electron chi connectivity index (χ2n) is 3.09. The first-order chi connectivity index (χ1) is 8.29. The minimum atomic E-state index is -0.553. The number of thiazole rings is 1. The molecule has 0 unspecified atom stereocenters. The average Bonchev–Trinajstić information content (AvgIpc) is 2.89. The highest BCUT2D eigenvalue weighted by atomic mass is 32.1. The van der Waals surface area contributed by atoms with Gasteiger partial charge in [-0.15, -0.1) is 11.3 Å². The van der Waals surface area contributed by atoms with E-state index in [0.29, 0.717) is 12.4 Å². The van der Waals surface area contributed by atoms with E-state index in [1.807, 2.05) is 5.38 Å². The van der Waals surface area contributed by atoms with E-state index in [4.69, 9.17) is 0 Å². The van der Waals surface area contributed by atoms with Gasteiger partial charge in [-0.25, -0.2) is 19.7 Å². The van der Waals surface area contributed by atoms with Crippen molar-refractivity contribution >= 4 is 23.1 Å². The molecule has 0 saturated heterocycles. The number of nitrogens with zero attached hydrogens (tertiary/aromatic N) is 3. The third-order valence-electron chi connectivity index (χ3n) is 1.96. The fourth-order valence-electron chi connectivity index (χ4n) is 1.15. The highest BCUT2D eigenvalue weighted by molar-refractivity contribution is 7.07. The molecular weight excluding hydrogens is 240 g/mol. The van der Waals surface area contributed by atoms with Gasteiger partial charge < -0.3 is 10.1 Å². The lowest BCUT2D eigenvalue weighted by molar-refractivity contribution is 0.0587. The van der Waals surface area contributed by atoms with Crippen molar-refractivity contribution in [3.8, 4) is 0 Å². The number of hydrogen-bond donors (Lipinski definition) is 1. The van der Waals surface area contributed by atoms with Gasteiger partial charge in [0.2, 0.25) is 5.82 Å². The maximum Gasteiger partial charge on any atom is 0.376 e. The predicted octanol–water partition coefficient (Wildman–Crippen LogP) is 1.33. The van der Waals surface area contributed by atoms with Crippen molar-refractivity contribution in [3.05, 3.63) is 34.7 Å². The Balaban J connectivity index is 2.03. The molecule has 0 atom stereocenters. The van der Waals surface area contributed by atoms with Gasteiger partial charge in [-0.05, 0) is 6.07 Å². The molecule has 6 nitrogen and oxygen atoms in total. The molecule has 0 aliphatic rings. The van der Waals surface area contributed by atoms with Crippen molar-refractivity contribution in [2.45, 2.75) is 6.54 Å². The maximum absolute atomic E-state index is 11.2. The maximum atomic E-state index is 11.2. The fourth-order valence-corrected chi connectivity index (χ4v) is 1.71. The monoisotopic (exact) mass is 250 g/mol. The molecule has 0 saturated carbocycles. The summed E-state index contributed by atoms with van der Waals surface area (Å²) >= 11 is 1.53. The Morgan fingerprint density at radius 3 is 3.12 bits per heavy atom. The molecule has 7 heteroatoms. The molecule has 2 heterocycles. The Kier molecular flexibility index (Phi) is 3.61. The SMILES string of the molecule is COC(=O)c1nccc(NCc2cscn2)n1. The van der Waals surface area contributed by atoms with E-state index in [2.05, 4.69) is 25.0 Å². The van der Waals surface area contributed by atoms with Crippen LogP contribution in [-0.4, -0.2) is 28.0 Å². The summed E-state index contributed by atoms with van der Waals surface area (Å²) in [6, 6.07) is 1.68. The van der Waals surface area contributed by atoms with E-state index in [1.54, 1.807) is 11.6 Å². The summed E-state index contributed by atoms with van der Waals surface area (Å²) < 4.78 is 4.54. The molecule has 0 spiro atoms. The zero-order chi connectivity index (χ0) is 12.1. The lowest BCUT2D eigenvalue weighted by Crippen LogP contribution is -2.09. The van der Waals surface area contributed by atoms with Gasteiger partial charge in [-0.2, -0.15) is 0 Å². The molecule has 0 bridgehead atoms. The van der Waals surface area contributed by atoms with E-state index in [-0.39, 0.29) is 5.82 Å². The Morgan fingerprint density at radius 1 is 1.53 bits per heavy atom. The topological polar surface area (TPSA) is 77.0 Å². The van der Waals surface area contributed by atoms with Gasteiger partial charge in [0.25, 0.3) is 0 Å². The minimum absolute atomic E-state index is 0.0378. The number of carbonyl (C=O) groups is 1. The van der Waals surface area contributed by atoms with E-state index >= 15 is 0 Å². The summed E-state index contributed by atoms with van der Waals surface area (Å²) in [4.78, 5) is 23.2. The van der Waals surface area contributed by atoms with Gasteiger partial charge in [0.1, 0.15) is 5.82 Å². The molecule has 0 aliphatic carbocycles. The summed E-state index contributed by atoms with van der Waals surface area (Å²) in [5.41, 5.74) is 2.69. The van der Waals surface area contributed by atoms with Crippen molar-refractivity contribution in [3.63, 3.8) is 0 Å². The van der Waals surface area contributed by atoms with Gasteiger partial charge in [-0.1, -0.05) is 0 Å². The zero-order valence-corrected chi connectivity index (χ0v) is 9.90. The number of methoxy groups -OCH3 is 1. The molecule has 0 aromatic carbocycles.